The maximum atomic E-state index is 13.7. The number of halogens is 1. The average molecular weight is 255 g/mol. The number of fused-ring (bicyclic) bond motifs is 1. The normalized spacial score (nSPS) is 22.6. The van der Waals surface area contributed by atoms with E-state index in [0.29, 0.717) is 12.2 Å². The van der Waals surface area contributed by atoms with Crippen LogP contribution in [-0.2, 0) is 11.3 Å². The lowest BCUT2D eigenvalue weighted by Gasteiger charge is -2.36. The molecular formula is C13H18FNO3. The molecule has 1 unspecified atom stereocenters. The minimum atomic E-state index is -1.02. The van der Waals surface area contributed by atoms with Crippen LogP contribution >= 0.6 is 0 Å². The van der Waals surface area contributed by atoms with Gasteiger partial charge in [0.2, 0.25) is 0 Å². The predicted octanol–water partition coefficient (Wildman–Crippen LogP) is 2.26. The number of benzene rings is 1. The summed E-state index contributed by atoms with van der Waals surface area (Å²) in [5, 5.41) is 10.1. The molecule has 0 amide bonds. The van der Waals surface area contributed by atoms with Crippen LogP contribution in [0.5, 0.6) is 5.75 Å². The summed E-state index contributed by atoms with van der Waals surface area (Å²) in [6.07, 6.45) is 0.518. The van der Waals surface area contributed by atoms with Gasteiger partial charge in [0, 0.05) is 18.1 Å². The minimum absolute atomic E-state index is 0.264. The Morgan fingerprint density at radius 1 is 1.50 bits per heavy atom. The molecule has 100 valence electrons. The highest BCUT2D eigenvalue weighted by molar-refractivity contribution is 5.53. The molecule has 5 heteroatoms. The summed E-state index contributed by atoms with van der Waals surface area (Å²) in [5.74, 6) is 0.0226. The van der Waals surface area contributed by atoms with Gasteiger partial charge in [0.05, 0.1) is 18.4 Å². The van der Waals surface area contributed by atoms with Crippen LogP contribution in [-0.4, -0.2) is 23.4 Å². The van der Waals surface area contributed by atoms with Crippen LogP contribution in [0.15, 0.2) is 12.1 Å². The molecule has 0 aliphatic carbocycles. The summed E-state index contributed by atoms with van der Waals surface area (Å²) < 4.78 is 19.4. The first kappa shape index (κ1) is 13.1. The van der Waals surface area contributed by atoms with Crippen molar-refractivity contribution in [2.45, 2.75) is 38.4 Å². The quantitative estimate of drug-likeness (QED) is 0.813. The SMILES string of the molecule is CONc1cc2c(cc1F)OC(C)(C(C)(C)O)C2. The van der Waals surface area contributed by atoms with Crippen LogP contribution in [0.2, 0.25) is 0 Å². The topological polar surface area (TPSA) is 50.7 Å². The Bertz CT molecular complexity index is 470. The van der Waals surface area contributed by atoms with Gasteiger partial charge >= 0.3 is 0 Å². The van der Waals surface area contributed by atoms with Crippen molar-refractivity contribution in [2.75, 3.05) is 12.6 Å². The Balaban J connectivity index is 2.36. The molecule has 1 heterocycles. The number of ether oxygens (including phenoxy) is 1. The van der Waals surface area contributed by atoms with Crippen molar-refractivity contribution in [1.82, 2.24) is 0 Å². The Kier molecular flexibility index (Phi) is 2.99. The summed E-state index contributed by atoms with van der Waals surface area (Å²) in [6.45, 7) is 5.18. The summed E-state index contributed by atoms with van der Waals surface area (Å²) in [7, 11) is 1.42. The highest BCUT2D eigenvalue weighted by Crippen LogP contribution is 2.42. The predicted molar refractivity (Wildman–Crippen MR) is 66.1 cm³/mol. The van der Waals surface area contributed by atoms with Crippen LogP contribution in [0.25, 0.3) is 0 Å². The molecule has 0 spiro atoms. The van der Waals surface area contributed by atoms with Crippen LogP contribution in [0.1, 0.15) is 26.3 Å². The lowest BCUT2D eigenvalue weighted by Crippen LogP contribution is -2.51. The zero-order valence-corrected chi connectivity index (χ0v) is 11.0. The third-order valence-electron chi connectivity index (χ3n) is 3.52. The number of rotatable bonds is 3. The number of aliphatic hydroxyl groups is 1. The van der Waals surface area contributed by atoms with Crippen molar-refractivity contribution in [3.05, 3.63) is 23.5 Å². The highest BCUT2D eigenvalue weighted by Gasteiger charge is 2.46. The largest absolute Gasteiger partial charge is 0.484 e. The van der Waals surface area contributed by atoms with E-state index in [-0.39, 0.29) is 5.69 Å². The Morgan fingerprint density at radius 3 is 2.72 bits per heavy atom. The fraction of sp³-hybridized carbons (Fsp3) is 0.538. The molecule has 0 saturated carbocycles. The van der Waals surface area contributed by atoms with E-state index in [1.165, 1.54) is 13.2 Å². The van der Waals surface area contributed by atoms with Gasteiger partial charge in [-0.25, -0.2) is 4.39 Å². The lowest BCUT2D eigenvalue weighted by molar-refractivity contribution is -0.0900. The number of nitrogens with one attached hydrogen (secondary N) is 1. The van der Waals surface area contributed by atoms with Crippen molar-refractivity contribution in [2.24, 2.45) is 0 Å². The molecule has 1 aromatic carbocycles. The first-order valence-corrected chi connectivity index (χ1v) is 5.80. The van der Waals surface area contributed by atoms with Crippen molar-refractivity contribution in [3.8, 4) is 5.75 Å². The summed E-state index contributed by atoms with van der Waals surface area (Å²) >= 11 is 0. The van der Waals surface area contributed by atoms with Crippen molar-refractivity contribution >= 4 is 5.69 Å². The van der Waals surface area contributed by atoms with Gasteiger partial charge in [0.1, 0.15) is 11.4 Å². The van der Waals surface area contributed by atoms with Gasteiger partial charge in [-0.1, -0.05) is 0 Å². The number of anilines is 1. The van der Waals surface area contributed by atoms with Gasteiger partial charge in [-0.15, -0.1) is 0 Å². The van der Waals surface area contributed by atoms with Crippen LogP contribution in [0, 0.1) is 5.82 Å². The van der Waals surface area contributed by atoms with Crippen molar-refractivity contribution in [3.63, 3.8) is 0 Å². The van der Waals surface area contributed by atoms with Crippen LogP contribution < -0.4 is 10.2 Å². The van der Waals surface area contributed by atoms with Crippen LogP contribution in [0.3, 0.4) is 0 Å². The van der Waals surface area contributed by atoms with E-state index in [9.17, 15) is 9.50 Å². The number of hydrogen-bond acceptors (Lipinski definition) is 4. The minimum Gasteiger partial charge on any atom is -0.484 e. The zero-order chi connectivity index (χ0) is 13.6. The molecule has 1 aliphatic rings. The molecular weight excluding hydrogens is 237 g/mol. The molecule has 0 radical (unpaired) electrons. The Morgan fingerprint density at radius 2 is 2.17 bits per heavy atom. The van der Waals surface area contributed by atoms with Gasteiger partial charge in [-0.05, 0) is 26.8 Å². The van der Waals surface area contributed by atoms with Crippen molar-refractivity contribution in [1.29, 1.82) is 0 Å². The molecule has 1 atom stereocenters. The molecule has 0 saturated heterocycles. The third-order valence-corrected chi connectivity index (χ3v) is 3.52. The Hall–Kier alpha value is -1.33. The molecule has 0 bridgehead atoms. The van der Waals surface area contributed by atoms with Gasteiger partial charge in [0.15, 0.2) is 5.82 Å². The first-order chi connectivity index (χ1) is 8.27. The fourth-order valence-electron chi connectivity index (χ4n) is 2.00. The first-order valence-electron chi connectivity index (χ1n) is 5.80. The molecule has 18 heavy (non-hydrogen) atoms. The van der Waals surface area contributed by atoms with E-state index in [4.69, 9.17) is 9.57 Å². The van der Waals surface area contributed by atoms with E-state index in [0.717, 1.165) is 5.56 Å². The highest BCUT2D eigenvalue weighted by atomic mass is 19.1. The van der Waals surface area contributed by atoms with E-state index >= 15 is 0 Å². The third kappa shape index (κ3) is 2.04. The fourth-order valence-corrected chi connectivity index (χ4v) is 2.00. The van der Waals surface area contributed by atoms with Gasteiger partial charge in [0.25, 0.3) is 0 Å². The molecule has 0 fully saturated rings. The van der Waals surface area contributed by atoms with Crippen molar-refractivity contribution < 1.29 is 19.1 Å². The zero-order valence-electron chi connectivity index (χ0n) is 11.0. The summed E-state index contributed by atoms with van der Waals surface area (Å²) in [4.78, 5) is 4.71. The molecule has 0 aromatic heterocycles. The van der Waals surface area contributed by atoms with Gasteiger partial charge in [-0.3, -0.25) is 10.3 Å². The smallest absolute Gasteiger partial charge is 0.152 e. The second-order valence-electron chi connectivity index (χ2n) is 5.31. The second kappa shape index (κ2) is 4.10. The molecule has 4 nitrogen and oxygen atoms in total. The Labute approximate surface area is 106 Å². The summed E-state index contributed by atoms with van der Waals surface area (Å²) in [5.41, 5.74) is 1.82. The standard InChI is InChI=1S/C13H18FNO3/c1-12(2,16)13(3)7-8-5-10(15-17-4)9(14)6-11(8)18-13/h5-6,15-16H,7H2,1-4H3. The maximum absolute atomic E-state index is 13.7. The van der Waals surface area contributed by atoms with E-state index < -0.39 is 17.0 Å². The van der Waals surface area contributed by atoms with Crippen LogP contribution in [0.4, 0.5) is 10.1 Å². The summed E-state index contributed by atoms with van der Waals surface area (Å²) in [6, 6.07) is 2.96. The molecule has 1 aromatic rings. The van der Waals surface area contributed by atoms with E-state index in [1.54, 1.807) is 19.9 Å². The molecule has 2 N–H and O–H groups in total. The molecule has 2 rings (SSSR count). The van der Waals surface area contributed by atoms with Gasteiger partial charge < -0.3 is 9.84 Å². The monoisotopic (exact) mass is 255 g/mol. The van der Waals surface area contributed by atoms with E-state index in [2.05, 4.69) is 5.48 Å². The van der Waals surface area contributed by atoms with Gasteiger partial charge in [-0.2, -0.15) is 0 Å². The maximum Gasteiger partial charge on any atom is 0.152 e. The lowest BCUT2D eigenvalue weighted by atomic mass is 9.84. The number of hydrogen-bond donors (Lipinski definition) is 2. The average Bonchev–Trinajstić information content (AvgIpc) is 2.55. The molecule has 1 aliphatic heterocycles. The second-order valence-corrected chi connectivity index (χ2v) is 5.31. The van der Waals surface area contributed by atoms with E-state index in [1.807, 2.05) is 6.92 Å².